The summed E-state index contributed by atoms with van der Waals surface area (Å²) in [6.07, 6.45) is 7.58. The van der Waals surface area contributed by atoms with Gasteiger partial charge in [0.05, 0.1) is 12.6 Å². The van der Waals surface area contributed by atoms with Crippen LogP contribution in [0.4, 0.5) is 11.4 Å². The van der Waals surface area contributed by atoms with Crippen LogP contribution in [-0.4, -0.2) is 53.3 Å². The smallest absolute Gasteiger partial charge is 0.251 e. The van der Waals surface area contributed by atoms with Gasteiger partial charge in [-0.3, -0.25) is 9.78 Å². The number of aromatic nitrogens is 1. The number of aliphatic hydroxyl groups is 1. The van der Waals surface area contributed by atoms with Crippen LogP contribution in [-0.2, 0) is 4.79 Å². The molecule has 7 nitrogen and oxygen atoms in total. The van der Waals surface area contributed by atoms with Crippen LogP contribution in [0.25, 0.3) is 10.9 Å². The van der Waals surface area contributed by atoms with Crippen LogP contribution in [0.5, 0.6) is 11.5 Å². The molecule has 0 saturated carbocycles. The van der Waals surface area contributed by atoms with Crippen LogP contribution in [0.1, 0.15) is 25.3 Å². The van der Waals surface area contributed by atoms with Crippen LogP contribution in [0.3, 0.4) is 0 Å². The summed E-state index contributed by atoms with van der Waals surface area (Å²) in [6, 6.07) is 13.4. The molecule has 0 bridgehead atoms. The van der Waals surface area contributed by atoms with Gasteiger partial charge in [0, 0.05) is 60.5 Å². The molecule has 2 N–H and O–H groups in total. The van der Waals surface area contributed by atoms with Crippen molar-refractivity contribution in [2.24, 2.45) is 0 Å². The summed E-state index contributed by atoms with van der Waals surface area (Å²) in [5.74, 6) is 3.63. The minimum absolute atomic E-state index is 0.0604. The maximum Gasteiger partial charge on any atom is 0.251 e. The molecule has 1 atom stereocenters. The first-order chi connectivity index (χ1) is 16.0. The van der Waals surface area contributed by atoms with E-state index in [0.29, 0.717) is 37.4 Å². The number of terminal acetylenes is 1. The number of nitrogens with zero attached hydrogens (tertiary/aromatic N) is 2. The summed E-state index contributed by atoms with van der Waals surface area (Å²) in [7, 11) is 1.60. The Labute approximate surface area is 193 Å². The molecule has 33 heavy (non-hydrogen) atoms. The Balaban J connectivity index is 1.58. The number of piperidine rings is 1. The van der Waals surface area contributed by atoms with E-state index in [0.717, 1.165) is 27.8 Å². The lowest BCUT2D eigenvalue weighted by Gasteiger charge is -2.33. The standard InChI is InChI=1S/C26H27N3O4/c1-4-18-6-5-7-19(14-18)28-22-8-11-27-23-16-24(32-3)25(15-21(22)23)33-20-9-12-29(13-10-20)26(31)17(2)30/h1,5-8,11,14-17,20,30H,9-10,12-13H2,2-3H3,(H,27,28). The van der Waals surface area contributed by atoms with Gasteiger partial charge in [-0.1, -0.05) is 12.0 Å². The summed E-state index contributed by atoms with van der Waals surface area (Å²) in [6.45, 7) is 2.58. The highest BCUT2D eigenvalue weighted by Gasteiger charge is 2.26. The molecule has 1 fully saturated rings. The molecule has 0 aliphatic carbocycles. The van der Waals surface area contributed by atoms with Gasteiger partial charge >= 0.3 is 0 Å². The SMILES string of the molecule is C#Cc1cccc(Nc2ccnc3cc(OC)c(OC4CCN(C(=O)C(C)O)CC4)cc23)c1. The molecular formula is C26H27N3O4. The molecule has 7 heteroatoms. The van der Waals surface area contributed by atoms with E-state index in [1.165, 1.54) is 6.92 Å². The van der Waals surface area contributed by atoms with E-state index in [4.69, 9.17) is 15.9 Å². The first kappa shape index (κ1) is 22.4. The maximum atomic E-state index is 12.0. The number of ether oxygens (including phenoxy) is 2. The number of nitrogens with one attached hydrogen (secondary N) is 1. The third-order valence-corrected chi connectivity index (χ3v) is 5.74. The van der Waals surface area contributed by atoms with Gasteiger partial charge in [-0.15, -0.1) is 6.42 Å². The summed E-state index contributed by atoms with van der Waals surface area (Å²) >= 11 is 0. The van der Waals surface area contributed by atoms with E-state index in [9.17, 15) is 9.90 Å². The normalized spacial score (nSPS) is 15.0. The number of rotatable bonds is 6. The number of methoxy groups -OCH3 is 1. The van der Waals surface area contributed by atoms with E-state index in [-0.39, 0.29) is 12.0 Å². The minimum atomic E-state index is -0.984. The predicted octanol–water partition coefficient (Wildman–Crippen LogP) is 3.72. The number of anilines is 2. The van der Waals surface area contributed by atoms with Crippen molar-refractivity contribution in [3.05, 3.63) is 54.2 Å². The van der Waals surface area contributed by atoms with Crippen LogP contribution in [0.15, 0.2) is 48.7 Å². The maximum absolute atomic E-state index is 12.0. The van der Waals surface area contributed by atoms with Crippen molar-refractivity contribution >= 4 is 28.2 Å². The molecule has 170 valence electrons. The molecule has 4 rings (SSSR count). The van der Waals surface area contributed by atoms with Gasteiger partial charge < -0.3 is 24.8 Å². The number of amides is 1. The minimum Gasteiger partial charge on any atom is -0.493 e. The summed E-state index contributed by atoms with van der Waals surface area (Å²) in [5, 5.41) is 13.9. The summed E-state index contributed by atoms with van der Waals surface area (Å²) < 4.78 is 11.9. The Hall–Kier alpha value is -3.76. The van der Waals surface area contributed by atoms with Gasteiger partial charge in [-0.05, 0) is 37.3 Å². The van der Waals surface area contributed by atoms with Crippen molar-refractivity contribution in [1.82, 2.24) is 9.88 Å². The number of carbonyl (C=O) groups excluding carboxylic acids is 1. The van der Waals surface area contributed by atoms with Crippen molar-refractivity contribution < 1.29 is 19.4 Å². The van der Waals surface area contributed by atoms with Gasteiger partial charge in [0.15, 0.2) is 11.5 Å². The quantitative estimate of drug-likeness (QED) is 0.563. The molecule has 1 amide bonds. The number of pyridine rings is 1. The van der Waals surface area contributed by atoms with Crippen LogP contribution in [0.2, 0.25) is 0 Å². The molecule has 1 aliphatic heterocycles. The Kier molecular flexibility index (Phi) is 6.66. The van der Waals surface area contributed by atoms with Gasteiger partial charge in [0.1, 0.15) is 12.2 Å². The molecule has 3 aromatic rings. The molecular weight excluding hydrogens is 418 g/mol. The molecule has 1 saturated heterocycles. The number of hydrogen-bond acceptors (Lipinski definition) is 6. The van der Waals surface area contributed by atoms with Crippen LogP contribution in [0, 0.1) is 12.3 Å². The van der Waals surface area contributed by atoms with E-state index < -0.39 is 6.10 Å². The fourth-order valence-corrected chi connectivity index (χ4v) is 3.99. The zero-order valence-electron chi connectivity index (χ0n) is 18.7. The first-order valence-corrected chi connectivity index (χ1v) is 10.9. The second-order valence-electron chi connectivity index (χ2n) is 8.05. The number of hydrogen-bond donors (Lipinski definition) is 2. The number of aliphatic hydroxyl groups excluding tert-OH is 1. The lowest BCUT2D eigenvalue weighted by molar-refractivity contribution is -0.141. The summed E-state index contributed by atoms with van der Waals surface area (Å²) in [5.41, 5.74) is 3.32. The van der Waals surface area contributed by atoms with Gasteiger partial charge in [0.25, 0.3) is 5.91 Å². The molecule has 2 aromatic carbocycles. The van der Waals surface area contributed by atoms with Crippen molar-refractivity contribution in [2.75, 3.05) is 25.5 Å². The highest BCUT2D eigenvalue weighted by atomic mass is 16.5. The molecule has 1 aromatic heterocycles. The highest BCUT2D eigenvalue weighted by Crippen LogP contribution is 2.37. The number of carbonyl (C=O) groups is 1. The Bertz CT molecular complexity index is 1190. The zero-order chi connectivity index (χ0) is 23.4. The van der Waals surface area contributed by atoms with Crippen molar-refractivity contribution in [2.45, 2.75) is 32.0 Å². The largest absolute Gasteiger partial charge is 0.493 e. The van der Waals surface area contributed by atoms with Crippen LogP contribution < -0.4 is 14.8 Å². The first-order valence-electron chi connectivity index (χ1n) is 10.9. The van der Waals surface area contributed by atoms with Crippen molar-refractivity contribution in [1.29, 1.82) is 0 Å². The second-order valence-corrected chi connectivity index (χ2v) is 8.05. The fourth-order valence-electron chi connectivity index (χ4n) is 3.99. The average Bonchev–Trinajstić information content (AvgIpc) is 2.84. The Morgan fingerprint density at radius 3 is 2.73 bits per heavy atom. The van der Waals surface area contributed by atoms with Crippen molar-refractivity contribution in [3.8, 4) is 23.8 Å². The van der Waals surface area contributed by atoms with Gasteiger partial charge in [0.2, 0.25) is 0 Å². The Morgan fingerprint density at radius 1 is 1.24 bits per heavy atom. The van der Waals surface area contributed by atoms with E-state index >= 15 is 0 Å². The third-order valence-electron chi connectivity index (χ3n) is 5.74. The molecule has 0 radical (unpaired) electrons. The van der Waals surface area contributed by atoms with E-state index in [1.807, 2.05) is 42.5 Å². The number of fused-ring (bicyclic) bond motifs is 1. The average molecular weight is 446 g/mol. The summed E-state index contributed by atoms with van der Waals surface area (Å²) in [4.78, 5) is 18.2. The Morgan fingerprint density at radius 2 is 2.03 bits per heavy atom. The third kappa shape index (κ3) is 5.02. The predicted molar refractivity (Wildman–Crippen MR) is 128 cm³/mol. The zero-order valence-corrected chi connectivity index (χ0v) is 18.7. The lowest BCUT2D eigenvalue weighted by atomic mass is 10.1. The van der Waals surface area contributed by atoms with Gasteiger partial charge in [-0.25, -0.2) is 0 Å². The van der Waals surface area contributed by atoms with Crippen molar-refractivity contribution in [3.63, 3.8) is 0 Å². The second kappa shape index (κ2) is 9.80. The topological polar surface area (TPSA) is 83.9 Å². The number of benzene rings is 2. The molecule has 1 aliphatic rings. The highest BCUT2D eigenvalue weighted by molar-refractivity contribution is 5.95. The molecule has 1 unspecified atom stereocenters. The van der Waals surface area contributed by atoms with Gasteiger partial charge in [-0.2, -0.15) is 0 Å². The molecule has 0 spiro atoms. The lowest BCUT2D eigenvalue weighted by Crippen LogP contribution is -2.45. The monoisotopic (exact) mass is 445 g/mol. The number of likely N-dealkylation sites (tertiary alicyclic amines) is 1. The fraction of sp³-hybridized carbons (Fsp3) is 0.308. The molecule has 2 heterocycles. The van der Waals surface area contributed by atoms with E-state index in [1.54, 1.807) is 18.2 Å². The van der Waals surface area contributed by atoms with E-state index in [2.05, 4.69) is 16.2 Å². The van der Waals surface area contributed by atoms with Crippen LogP contribution >= 0.6 is 0 Å².